The highest BCUT2D eigenvalue weighted by Gasteiger charge is 2.11. The standard InChI is InChI=1S/C15H13NO2/c1-8-4-5-11-6-7-12-14(17)9(2)10(3)18-15(12)13(11)16-8/h4-7H,1-3H3. The van der Waals surface area contributed by atoms with E-state index in [4.69, 9.17) is 4.42 Å². The summed E-state index contributed by atoms with van der Waals surface area (Å²) in [7, 11) is 0. The summed E-state index contributed by atoms with van der Waals surface area (Å²) in [5.74, 6) is 0.656. The lowest BCUT2D eigenvalue weighted by atomic mass is 10.1. The number of aromatic nitrogens is 1. The molecule has 0 spiro atoms. The molecule has 3 heteroatoms. The Morgan fingerprint density at radius 3 is 2.56 bits per heavy atom. The van der Waals surface area contributed by atoms with Crippen molar-refractivity contribution in [1.29, 1.82) is 0 Å². The lowest BCUT2D eigenvalue weighted by molar-refractivity contribution is 0.561. The van der Waals surface area contributed by atoms with E-state index in [0.29, 0.717) is 22.3 Å². The van der Waals surface area contributed by atoms with E-state index in [0.717, 1.165) is 16.6 Å². The van der Waals surface area contributed by atoms with E-state index in [1.54, 1.807) is 6.92 Å². The minimum atomic E-state index is 0.0268. The zero-order valence-corrected chi connectivity index (χ0v) is 10.6. The first-order valence-electron chi connectivity index (χ1n) is 5.88. The van der Waals surface area contributed by atoms with Gasteiger partial charge >= 0.3 is 0 Å². The maximum Gasteiger partial charge on any atom is 0.195 e. The normalized spacial score (nSPS) is 11.3. The Morgan fingerprint density at radius 2 is 1.78 bits per heavy atom. The van der Waals surface area contributed by atoms with Gasteiger partial charge in [-0.3, -0.25) is 4.79 Å². The number of pyridine rings is 1. The molecule has 3 nitrogen and oxygen atoms in total. The molecule has 0 saturated carbocycles. The van der Waals surface area contributed by atoms with Gasteiger partial charge in [-0.15, -0.1) is 0 Å². The summed E-state index contributed by atoms with van der Waals surface area (Å²) in [6.45, 7) is 5.52. The monoisotopic (exact) mass is 239 g/mol. The molecular weight excluding hydrogens is 226 g/mol. The zero-order chi connectivity index (χ0) is 12.9. The molecule has 3 aromatic rings. The van der Waals surface area contributed by atoms with E-state index in [-0.39, 0.29) is 5.43 Å². The number of hydrogen-bond acceptors (Lipinski definition) is 3. The predicted molar refractivity (Wildman–Crippen MR) is 72.0 cm³/mol. The van der Waals surface area contributed by atoms with Crippen LogP contribution in [0.15, 0.2) is 33.5 Å². The topological polar surface area (TPSA) is 43.1 Å². The fraction of sp³-hybridized carbons (Fsp3) is 0.200. The molecule has 0 saturated heterocycles. The molecule has 2 aromatic heterocycles. The molecule has 0 atom stereocenters. The quantitative estimate of drug-likeness (QED) is 0.565. The first-order chi connectivity index (χ1) is 8.58. The minimum absolute atomic E-state index is 0.0268. The molecule has 18 heavy (non-hydrogen) atoms. The molecule has 0 fully saturated rings. The second kappa shape index (κ2) is 3.67. The molecule has 0 amide bonds. The number of hydrogen-bond donors (Lipinski definition) is 0. The van der Waals surface area contributed by atoms with Crippen LogP contribution in [0.25, 0.3) is 21.9 Å². The van der Waals surface area contributed by atoms with E-state index in [2.05, 4.69) is 4.98 Å². The number of aryl methyl sites for hydroxylation is 2. The predicted octanol–water partition coefficient (Wildman–Crippen LogP) is 3.27. The Bertz CT molecular complexity index is 831. The van der Waals surface area contributed by atoms with Gasteiger partial charge in [-0.2, -0.15) is 0 Å². The summed E-state index contributed by atoms with van der Waals surface area (Å²) in [6, 6.07) is 7.67. The third kappa shape index (κ3) is 1.44. The first-order valence-corrected chi connectivity index (χ1v) is 5.88. The summed E-state index contributed by atoms with van der Waals surface area (Å²) < 4.78 is 5.78. The molecule has 0 aliphatic carbocycles. The summed E-state index contributed by atoms with van der Waals surface area (Å²) in [5.41, 5.74) is 2.95. The average Bonchev–Trinajstić information content (AvgIpc) is 2.36. The Labute approximate surface area is 104 Å². The van der Waals surface area contributed by atoms with E-state index in [1.807, 2.05) is 38.1 Å². The van der Waals surface area contributed by atoms with Crippen molar-refractivity contribution in [2.24, 2.45) is 0 Å². The SMILES string of the molecule is Cc1ccc2ccc3c(=O)c(C)c(C)oc3c2n1. The van der Waals surface area contributed by atoms with Crippen LogP contribution in [0.1, 0.15) is 17.0 Å². The van der Waals surface area contributed by atoms with Crippen molar-refractivity contribution >= 4 is 21.9 Å². The lowest BCUT2D eigenvalue weighted by Gasteiger charge is -2.06. The van der Waals surface area contributed by atoms with E-state index in [1.165, 1.54) is 0 Å². The van der Waals surface area contributed by atoms with Gasteiger partial charge in [0, 0.05) is 16.6 Å². The van der Waals surface area contributed by atoms with Crippen LogP contribution in [-0.4, -0.2) is 4.98 Å². The molecule has 0 bridgehead atoms. The van der Waals surface area contributed by atoms with Crippen molar-refractivity contribution in [2.75, 3.05) is 0 Å². The van der Waals surface area contributed by atoms with E-state index in [9.17, 15) is 4.79 Å². The van der Waals surface area contributed by atoms with Gasteiger partial charge in [0.15, 0.2) is 11.0 Å². The summed E-state index contributed by atoms with van der Waals surface area (Å²) in [4.78, 5) is 16.7. The molecular formula is C15H13NO2. The second-order valence-electron chi connectivity index (χ2n) is 4.58. The van der Waals surface area contributed by atoms with Gasteiger partial charge in [0.1, 0.15) is 11.3 Å². The van der Waals surface area contributed by atoms with Crippen LogP contribution in [0.2, 0.25) is 0 Å². The fourth-order valence-electron chi connectivity index (χ4n) is 2.13. The lowest BCUT2D eigenvalue weighted by Crippen LogP contribution is -2.07. The summed E-state index contributed by atoms with van der Waals surface area (Å²) >= 11 is 0. The molecule has 0 unspecified atom stereocenters. The Hall–Kier alpha value is -2.16. The number of benzene rings is 1. The van der Waals surface area contributed by atoms with Crippen molar-refractivity contribution in [2.45, 2.75) is 20.8 Å². The van der Waals surface area contributed by atoms with E-state index >= 15 is 0 Å². The van der Waals surface area contributed by atoms with Crippen LogP contribution in [0, 0.1) is 20.8 Å². The van der Waals surface area contributed by atoms with Crippen molar-refractivity contribution in [3.05, 3.63) is 51.5 Å². The molecule has 3 rings (SSSR count). The Kier molecular flexibility index (Phi) is 2.23. The van der Waals surface area contributed by atoms with Gasteiger partial charge in [-0.05, 0) is 32.9 Å². The van der Waals surface area contributed by atoms with Gasteiger partial charge < -0.3 is 4.42 Å². The molecule has 2 heterocycles. The third-order valence-corrected chi connectivity index (χ3v) is 3.32. The van der Waals surface area contributed by atoms with Gasteiger partial charge in [0.05, 0.1) is 5.39 Å². The highest BCUT2D eigenvalue weighted by Crippen LogP contribution is 2.23. The van der Waals surface area contributed by atoms with Crippen molar-refractivity contribution in [1.82, 2.24) is 4.98 Å². The van der Waals surface area contributed by atoms with E-state index < -0.39 is 0 Å². The van der Waals surface area contributed by atoms with Crippen LogP contribution in [0.4, 0.5) is 0 Å². The summed E-state index contributed by atoms with van der Waals surface area (Å²) in [6.07, 6.45) is 0. The highest BCUT2D eigenvalue weighted by atomic mass is 16.3. The molecule has 0 radical (unpaired) electrons. The molecule has 1 aromatic carbocycles. The van der Waals surface area contributed by atoms with Crippen LogP contribution < -0.4 is 5.43 Å². The second-order valence-corrected chi connectivity index (χ2v) is 4.58. The smallest absolute Gasteiger partial charge is 0.195 e. The summed E-state index contributed by atoms with van der Waals surface area (Å²) in [5, 5.41) is 1.59. The number of nitrogens with zero attached hydrogens (tertiary/aromatic N) is 1. The van der Waals surface area contributed by atoms with Crippen LogP contribution in [0.5, 0.6) is 0 Å². The van der Waals surface area contributed by atoms with Gasteiger partial charge in [0.25, 0.3) is 0 Å². The molecule has 0 aliphatic rings. The van der Waals surface area contributed by atoms with Crippen LogP contribution in [-0.2, 0) is 0 Å². The Balaban J connectivity index is 2.62. The Morgan fingerprint density at radius 1 is 1.06 bits per heavy atom. The van der Waals surface area contributed by atoms with Crippen molar-refractivity contribution < 1.29 is 4.42 Å². The van der Waals surface area contributed by atoms with Crippen molar-refractivity contribution in [3.8, 4) is 0 Å². The average molecular weight is 239 g/mol. The molecule has 90 valence electrons. The molecule has 0 N–H and O–H groups in total. The first kappa shape index (κ1) is 11.0. The minimum Gasteiger partial charge on any atom is -0.459 e. The highest BCUT2D eigenvalue weighted by molar-refractivity contribution is 6.01. The van der Waals surface area contributed by atoms with Gasteiger partial charge in [-0.1, -0.05) is 12.1 Å². The zero-order valence-electron chi connectivity index (χ0n) is 10.6. The largest absolute Gasteiger partial charge is 0.459 e. The maximum absolute atomic E-state index is 12.2. The van der Waals surface area contributed by atoms with Crippen molar-refractivity contribution in [3.63, 3.8) is 0 Å². The third-order valence-electron chi connectivity index (χ3n) is 3.32. The number of rotatable bonds is 0. The number of fused-ring (bicyclic) bond motifs is 3. The molecule has 0 aliphatic heterocycles. The van der Waals surface area contributed by atoms with Crippen LogP contribution >= 0.6 is 0 Å². The van der Waals surface area contributed by atoms with Gasteiger partial charge in [-0.25, -0.2) is 4.98 Å². The fourth-order valence-corrected chi connectivity index (χ4v) is 2.13. The van der Waals surface area contributed by atoms with Crippen LogP contribution in [0.3, 0.4) is 0 Å². The maximum atomic E-state index is 12.2. The van der Waals surface area contributed by atoms with Gasteiger partial charge in [0.2, 0.25) is 0 Å².